The smallest absolute Gasteiger partial charge is 0.127 e. The third-order valence-corrected chi connectivity index (χ3v) is 3.85. The number of likely N-dealkylation sites (tertiary alicyclic amines) is 1. The van der Waals surface area contributed by atoms with Crippen LogP contribution in [0.15, 0.2) is 18.2 Å². The Hall–Kier alpha value is -1.40. The minimum absolute atomic E-state index is 0.202. The van der Waals surface area contributed by atoms with E-state index in [1.165, 1.54) is 31.4 Å². The van der Waals surface area contributed by atoms with E-state index in [9.17, 15) is 4.39 Å². The van der Waals surface area contributed by atoms with Gasteiger partial charge in [-0.1, -0.05) is 13.3 Å². The number of hydrogen-bond donors (Lipinski definition) is 0. The molecular formula is C15H19FN2. The van der Waals surface area contributed by atoms with Gasteiger partial charge in [-0.3, -0.25) is 4.90 Å². The fourth-order valence-corrected chi connectivity index (χ4v) is 2.56. The molecule has 0 bridgehead atoms. The molecule has 0 radical (unpaired) electrons. The van der Waals surface area contributed by atoms with Gasteiger partial charge in [-0.15, -0.1) is 0 Å². The zero-order valence-electron chi connectivity index (χ0n) is 10.8. The van der Waals surface area contributed by atoms with Crippen molar-refractivity contribution in [1.29, 1.82) is 5.26 Å². The van der Waals surface area contributed by atoms with Crippen molar-refractivity contribution < 1.29 is 4.39 Å². The van der Waals surface area contributed by atoms with Crippen LogP contribution in [0.3, 0.4) is 0 Å². The number of hydrogen-bond acceptors (Lipinski definition) is 2. The molecule has 18 heavy (non-hydrogen) atoms. The summed E-state index contributed by atoms with van der Waals surface area (Å²) < 4.78 is 13.7. The molecule has 1 aliphatic heterocycles. The Morgan fingerprint density at radius 2 is 2.11 bits per heavy atom. The first-order chi connectivity index (χ1) is 8.72. The monoisotopic (exact) mass is 246 g/mol. The van der Waals surface area contributed by atoms with Crippen molar-refractivity contribution in [2.24, 2.45) is 5.92 Å². The molecule has 2 nitrogen and oxygen atoms in total. The van der Waals surface area contributed by atoms with Crippen LogP contribution in [0, 0.1) is 23.1 Å². The van der Waals surface area contributed by atoms with E-state index in [0.29, 0.717) is 17.7 Å². The van der Waals surface area contributed by atoms with Gasteiger partial charge in [0.1, 0.15) is 5.82 Å². The quantitative estimate of drug-likeness (QED) is 0.818. The van der Waals surface area contributed by atoms with Crippen molar-refractivity contribution in [3.05, 3.63) is 35.1 Å². The third-order valence-electron chi connectivity index (χ3n) is 3.85. The SMILES string of the molecule is CCC1CCN(Cc2cc(C#N)ccc2F)CC1. The number of nitrogens with zero attached hydrogens (tertiary/aromatic N) is 2. The molecule has 0 aliphatic carbocycles. The summed E-state index contributed by atoms with van der Waals surface area (Å²) in [6.07, 6.45) is 3.65. The van der Waals surface area contributed by atoms with Crippen molar-refractivity contribution in [3.63, 3.8) is 0 Å². The highest BCUT2D eigenvalue weighted by atomic mass is 19.1. The van der Waals surface area contributed by atoms with Crippen molar-refractivity contribution >= 4 is 0 Å². The summed E-state index contributed by atoms with van der Waals surface area (Å²) in [6.45, 7) is 4.93. The largest absolute Gasteiger partial charge is 0.299 e. The Morgan fingerprint density at radius 3 is 2.72 bits per heavy atom. The molecule has 96 valence electrons. The molecule has 1 saturated heterocycles. The maximum Gasteiger partial charge on any atom is 0.127 e. The molecule has 1 heterocycles. The van der Waals surface area contributed by atoms with Crippen molar-refractivity contribution in [2.75, 3.05) is 13.1 Å². The lowest BCUT2D eigenvalue weighted by atomic mass is 9.94. The van der Waals surface area contributed by atoms with Crippen LogP contribution in [-0.4, -0.2) is 18.0 Å². The highest BCUT2D eigenvalue weighted by Crippen LogP contribution is 2.22. The van der Waals surface area contributed by atoms with Gasteiger partial charge in [-0.05, 0) is 50.0 Å². The third kappa shape index (κ3) is 3.08. The van der Waals surface area contributed by atoms with Crippen molar-refractivity contribution in [1.82, 2.24) is 4.90 Å². The number of piperidine rings is 1. The zero-order valence-corrected chi connectivity index (χ0v) is 10.8. The van der Waals surface area contributed by atoms with Crippen LogP contribution in [-0.2, 0) is 6.54 Å². The van der Waals surface area contributed by atoms with E-state index >= 15 is 0 Å². The van der Waals surface area contributed by atoms with Crippen LogP contribution < -0.4 is 0 Å². The van der Waals surface area contributed by atoms with Gasteiger partial charge >= 0.3 is 0 Å². The molecule has 2 rings (SSSR count). The molecule has 0 atom stereocenters. The van der Waals surface area contributed by atoms with Crippen LogP contribution in [0.5, 0.6) is 0 Å². The van der Waals surface area contributed by atoms with E-state index in [0.717, 1.165) is 19.0 Å². The minimum atomic E-state index is -0.202. The Morgan fingerprint density at radius 1 is 1.39 bits per heavy atom. The summed E-state index contributed by atoms with van der Waals surface area (Å²) in [7, 11) is 0. The fraction of sp³-hybridized carbons (Fsp3) is 0.533. The first kappa shape index (κ1) is 13.0. The molecular weight excluding hydrogens is 227 g/mol. The lowest BCUT2D eigenvalue weighted by Crippen LogP contribution is -2.33. The van der Waals surface area contributed by atoms with Gasteiger partial charge in [0.25, 0.3) is 0 Å². The maximum absolute atomic E-state index is 13.7. The van der Waals surface area contributed by atoms with Crippen molar-refractivity contribution in [3.8, 4) is 6.07 Å². The average Bonchev–Trinajstić information content (AvgIpc) is 2.42. The van der Waals surface area contributed by atoms with Crippen LogP contribution in [0.1, 0.15) is 37.3 Å². The summed E-state index contributed by atoms with van der Waals surface area (Å²) in [5.74, 6) is 0.628. The lowest BCUT2D eigenvalue weighted by Gasteiger charge is -2.31. The molecule has 3 heteroatoms. The number of nitriles is 1. The Kier molecular flexibility index (Phi) is 4.33. The summed E-state index contributed by atoms with van der Waals surface area (Å²) in [5.41, 5.74) is 1.18. The zero-order chi connectivity index (χ0) is 13.0. The fourth-order valence-electron chi connectivity index (χ4n) is 2.56. The predicted octanol–water partition coefficient (Wildman–Crippen LogP) is 3.32. The standard InChI is InChI=1S/C15H19FN2/c1-2-12-5-7-18(8-6-12)11-14-9-13(10-17)3-4-15(14)16/h3-4,9,12H,2,5-8,11H2,1H3. The normalized spacial score (nSPS) is 17.6. The second-order valence-corrected chi connectivity index (χ2v) is 5.05. The van der Waals surface area contributed by atoms with Crippen LogP contribution in [0.25, 0.3) is 0 Å². The Labute approximate surface area is 108 Å². The van der Waals surface area contributed by atoms with E-state index in [1.807, 2.05) is 0 Å². The van der Waals surface area contributed by atoms with E-state index in [4.69, 9.17) is 5.26 Å². The van der Waals surface area contributed by atoms with E-state index in [-0.39, 0.29) is 5.82 Å². The lowest BCUT2D eigenvalue weighted by molar-refractivity contribution is 0.173. The number of halogens is 1. The molecule has 0 unspecified atom stereocenters. The number of rotatable bonds is 3. The van der Waals surface area contributed by atoms with Crippen molar-refractivity contribution in [2.45, 2.75) is 32.7 Å². The van der Waals surface area contributed by atoms with Gasteiger partial charge in [0.05, 0.1) is 11.6 Å². The molecule has 0 saturated carbocycles. The topological polar surface area (TPSA) is 27.0 Å². The predicted molar refractivity (Wildman–Crippen MR) is 69.4 cm³/mol. The molecule has 1 aliphatic rings. The molecule has 1 fully saturated rings. The van der Waals surface area contributed by atoms with Gasteiger partial charge in [0.2, 0.25) is 0 Å². The molecule has 0 N–H and O–H groups in total. The number of benzene rings is 1. The van der Waals surface area contributed by atoms with E-state index in [2.05, 4.69) is 17.9 Å². The second-order valence-electron chi connectivity index (χ2n) is 5.05. The first-order valence-electron chi connectivity index (χ1n) is 6.63. The maximum atomic E-state index is 13.7. The molecule has 0 aromatic heterocycles. The molecule has 0 spiro atoms. The highest BCUT2D eigenvalue weighted by molar-refractivity contribution is 5.33. The minimum Gasteiger partial charge on any atom is -0.299 e. The van der Waals surface area contributed by atoms with Crippen LogP contribution in [0.2, 0.25) is 0 Å². The van der Waals surface area contributed by atoms with Gasteiger partial charge < -0.3 is 0 Å². The van der Waals surface area contributed by atoms with Gasteiger partial charge in [-0.2, -0.15) is 5.26 Å². The van der Waals surface area contributed by atoms with Gasteiger partial charge in [-0.25, -0.2) is 4.39 Å². The van der Waals surface area contributed by atoms with E-state index < -0.39 is 0 Å². The van der Waals surface area contributed by atoms with Crippen LogP contribution >= 0.6 is 0 Å². The average molecular weight is 246 g/mol. The Balaban J connectivity index is 2.00. The molecule has 1 aromatic carbocycles. The van der Waals surface area contributed by atoms with Gasteiger partial charge in [0.15, 0.2) is 0 Å². The molecule has 1 aromatic rings. The first-order valence-corrected chi connectivity index (χ1v) is 6.63. The summed E-state index contributed by atoms with van der Waals surface area (Å²) in [5, 5.41) is 8.84. The van der Waals surface area contributed by atoms with Crippen LogP contribution in [0.4, 0.5) is 4.39 Å². The molecule has 0 amide bonds. The summed E-state index contributed by atoms with van der Waals surface area (Å²) in [6, 6.07) is 6.66. The summed E-state index contributed by atoms with van der Waals surface area (Å²) >= 11 is 0. The van der Waals surface area contributed by atoms with Gasteiger partial charge in [0, 0.05) is 12.1 Å². The Bertz CT molecular complexity index is 442. The second kappa shape index (κ2) is 5.97. The van der Waals surface area contributed by atoms with E-state index in [1.54, 1.807) is 6.07 Å². The highest BCUT2D eigenvalue weighted by Gasteiger charge is 2.18. The summed E-state index contributed by atoms with van der Waals surface area (Å²) in [4.78, 5) is 2.28.